The third-order valence-electron chi connectivity index (χ3n) is 1.49. The molecule has 0 atom stereocenters. The lowest BCUT2D eigenvalue weighted by Crippen LogP contribution is -2.22. The predicted molar refractivity (Wildman–Crippen MR) is 47.5 cm³/mol. The highest BCUT2D eigenvalue weighted by molar-refractivity contribution is 5.88. The van der Waals surface area contributed by atoms with E-state index in [4.69, 9.17) is 4.52 Å². The van der Waals surface area contributed by atoms with Crippen LogP contribution in [-0.4, -0.2) is 23.2 Å². The molecule has 6 nitrogen and oxygen atoms in total. The van der Waals surface area contributed by atoms with E-state index in [2.05, 4.69) is 20.5 Å². The molecular formula is C8H13N3O3. The monoisotopic (exact) mass is 199 g/mol. The summed E-state index contributed by atoms with van der Waals surface area (Å²) < 4.78 is 4.75. The normalized spacial score (nSPS) is 11.4. The Kier molecular flexibility index (Phi) is 2.85. The van der Waals surface area contributed by atoms with Crippen LogP contribution in [0.4, 0.5) is 0 Å². The molecule has 0 saturated heterocycles. The minimum Gasteiger partial charge on any atom is -0.328 e. The molecular weight excluding hydrogens is 186 g/mol. The van der Waals surface area contributed by atoms with Gasteiger partial charge in [-0.05, 0) is 0 Å². The zero-order chi connectivity index (χ0) is 10.8. The zero-order valence-electron chi connectivity index (χ0n) is 8.62. The molecule has 0 aliphatic carbocycles. The van der Waals surface area contributed by atoms with Gasteiger partial charge < -0.3 is 4.52 Å². The minimum absolute atomic E-state index is 0.100. The largest absolute Gasteiger partial charge is 0.333 e. The molecule has 0 bridgehead atoms. The minimum atomic E-state index is -0.546. The van der Waals surface area contributed by atoms with Gasteiger partial charge in [0.25, 0.3) is 0 Å². The second-order valence-corrected chi connectivity index (χ2v) is 3.81. The average Bonchev–Trinajstić information content (AvgIpc) is 2.51. The number of rotatable bonds is 2. The highest BCUT2D eigenvalue weighted by atomic mass is 16.6. The Bertz CT molecular complexity index is 327. The molecule has 14 heavy (non-hydrogen) atoms. The summed E-state index contributed by atoms with van der Waals surface area (Å²) in [5, 5.41) is 3.69. The Balaban J connectivity index is 2.83. The van der Waals surface area contributed by atoms with Gasteiger partial charge in [0.15, 0.2) is 5.82 Å². The van der Waals surface area contributed by atoms with E-state index < -0.39 is 5.91 Å². The SMILES string of the molecule is CONC(=O)c1nc(C(C)(C)C)no1. The maximum Gasteiger partial charge on any atom is 0.333 e. The van der Waals surface area contributed by atoms with Crippen LogP contribution in [0.5, 0.6) is 0 Å². The summed E-state index contributed by atoms with van der Waals surface area (Å²) >= 11 is 0. The van der Waals surface area contributed by atoms with Crippen molar-refractivity contribution in [1.29, 1.82) is 0 Å². The van der Waals surface area contributed by atoms with Gasteiger partial charge >= 0.3 is 11.8 Å². The van der Waals surface area contributed by atoms with E-state index in [1.807, 2.05) is 20.8 Å². The number of aromatic nitrogens is 2. The van der Waals surface area contributed by atoms with Crippen molar-refractivity contribution in [2.45, 2.75) is 26.2 Å². The summed E-state index contributed by atoms with van der Waals surface area (Å²) in [6, 6.07) is 0. The molecule has 1 N–H and O–H groups in total. The summed E-state index contributed by atoms with van der Waals surface area (Å²) in [7, 11) is 1.33. The van der Waals surface area contributed by atoms with Crippen LogP contribution in [0.1, 0.15) is 37.3 Å². The number of hydroxylamine groups is 1. The Morgan fingerprint density at radius 3 is 2.57 bits per heavy atom. The van der Waals surface area contributed by atoms with Gasteiger partial charge in [-0.3, -0.25) is 9.63 Å². The molecule has 0 unspecified atom stereocenters. The topological polar surface area (TPSA) is 77.2 Å². The molecule has 1 rings (SSSR count). The average molecular weight is 199 g/mol. The van der Waals surface area contributed by atoms with Gasteiger partial charge in [-0.15, -0.1) is 0 Å². The van der Waals surface area contributed by atoms with E-state index in [0.29, 0.717) is 5.82 Å². The van der Waals surface area contributed by atoms with Crippen LogP contribution >= 0.6 is 0 Å². The van der Waals surface area contributed by atoms with E-state index in [9.17, 15) is 4.79 Å². The molecule has 0 fully saturated rings. The second-order valence-electron chi connectivity index (χ2n) is 3.81. The number of hydrogen-bond donors (Lipinski definition) is 1. The first-order chi connectivity index (χ1) is 6.45. The highest BCUT2D eigenvalue weighted by Crippen LogP contribution is 2.18. The lowest BCUT2D eigenvalue weighted by Gasteiger charge is -2.10. The zero-order valence-corrected chi connectivity index (χ0v) is 8.62. The second kappa shape index (κ2) is 3.75. The van der Waals surface area contributed by atoms with Crippen molar-refractivity contribution in [3.05, 3.63) is 11.7 Å². The van der Waals surface area contributed by atoms with E-state index >= 15 is 0 Å². The Hall–Kier alpha value is -1.43. The number of carbonyl (C=O) groups is 1. The van der Waals surface area contributed by atoms with Crippen LogP contribution in [-0.2, 0) is 10.3 Å². The molecule has 1 aromatic rings. The first-order valence-corrected chi connectivity index (χ1v) is 4.12. The number of hydrogen-bond acceptors (Lipinski definition) is 5. The molecule has 6 heteroatoms. The summed E-state index contributed by atoms with van der Waals surface area (Å²) in [4.78, 5) is 19.5. The molecule has 0 radical (unpaired) electrons. The van der Waals surface area contributed by atoms with Gasteiger partial charge in [0, 0.05) is 5.41 Å². The van der Waals surface area contributed by atoms with Gasteiger partial charge in [0.1, 0.15) is 0 Å². The third kappa shape index (κ3) is 2.29. The molecule has 78 valence electrons. The van der Waals surface area contributed by atoms with Gasteiger partial charge in [-0.2, -0.15) is 4.98 Å². The standard InChI is InChI=1S/C8H13N3O3/c1-8(2,3)7-9-6(14-11-7)5(12)10-13-4/h1-4H3,(H,10,12). The van der Waals surface area contributed by atoms with Crippen LogP contribution in [0, 0.1) is 0 Å². The molecule has 1 heterocycles. The fourth-order valence-corrected chi connectivity index (χ4v) is 0.757. The molecule has 0 saturated carbocycles. The molecule has 1 amide bonds. The molecule has 0 spiro atoms. The molecule has 0 aliphatic rings. The summed E-state index contributed by atoms with van der Waals surface area (Å²) in [5.74, 6) is -0.161. The summed E-state index contributed by atoms with van der Waals surface area (Å²) in [5.41, 5.74) is 1.85. The third-order valence-corrected chi connectivity index (χ3v) is 1.49. The number of carbonyl (C=O) groups excluding carboxylic acids is 1. The lowest BCUT2D eigenvalue weighted by molar-refractivity contribution is 0.0494. The Morgan fingerprint density at radius 1 is 1.50 bits per heavy atom. The first kappa shape index (κ1) is 10.6. The van der Waals surface area contributed by atoms with E-state index in [1.54, 1.807) is 0 Å². The molecule has 0 aliphatic heterocycles. The van der Waals surface area contributed by atoms with Gasteiger partial charge in [-0.25, -0.2) is 5.48 Å². The molecule has 1 aromatic heterocycles. The van der Waals surface area contributed by atoms with Crippen molar-refractivity contribution >= 4 is 5.91 Å². The molecule has 0 aromatic carbocycles. The van der Waals surface area contributed by atoms with Crippen LogP contribution < -0.4 is 5.48 Å². The number of amides is 1. The maximum absolute atomic E-state index is 11.2. The maximum atomic E-state index is 11.2. The lowest BCUT2D eigenvalue weighted by atomic mass is 9.96. The highest BCUT2D eigenvalue weighted by Gasteiger charge is 2.23. The predicted octanol–water partition coefficient (Wildman–Crippen LogP) is 0.658. The fourth-order valence-electron chi connectivity index (χ4n) is 0.757. The van der Waals surface area contributed by atoms with Crippen molar-refractivity contribution < 1.29 is 14.2 Å². The number of nitrogens with zero attached hydrogens (tertiary/aromatic N) is 2. The van der Waals surface area contributed by atoms with Crippen LogP contribution in [0.3, 0.4) is 0 Å². The smallest absolute Gasteiger partial charge is 0.328 e. The van der Waals surface area contributed by atoms with Crippen LogP contribution in [0.2, 0.25) is 0 Å². The van der Waals surface area contributed by atoms with Crippen molar-refractivity contribution in [3.8, 4) is 0 Å². The van der Waals surface area contributed by atoms with Crippen LogP contribution in [0.15, 0.2) is 4.52 Å². The van der Waals surface area contributed by atoms with Crippen LogP contribution in [0.25, 0.3) is 0 Å². The van der Waals surface area contributed by atoms with E-state index in [0.717, 1.165) is 0 Å². The van der Waals surface area contributed by atoms with E-state index in [-0.39, 0.29) is 11.3 Å². The first-order valence-electron chi connectivity index (χ1n) is 4.12. The fraction of sp³-hybridized carbons (Fsp3) is 0.625. The van der Waals surface area contributed by atoms with E-state index in [1.165, 1.54) is 7.11 Å². The van der Waals surface area contributed by atoms with Crippen molar-refractivity contribution in [3.63, 3.8) is 0 Å². The Labute approximate surface area is 81.6 Å². The van der Waals surface area contributed by atoms with Gasteiger partial charge in [0.2, 0.25) is 0 Å². The van der Waals surface area contributed by atoms with Crippen molar-refractivity contribution in [2.75, 3.05) is 7.11 Å². The van der Waals surface area contributed by atoms with Gasteiger partial charge in [0.05, 0.1) is 7.11 Å². The summed E-state index contributed by atoms with van der Waals surface area (Å²) in [6.07, 6.45) is 0. The van der Waals surface area contributed by atoms with Crippen molar-refractivity contribution in [2.24, 2.45) is 0 Å². The van der Waals surface area contributed by atoms with Gasteiger partial charge in [-0.1, -0.05) is 25.9 Å². The number of nitrogens with one attached hydrogen (secondary N) is 1. The summed E-state index contributed by atoms with van der Waals surface area (Å²) in [6.45, 7) is 5.78. The van der Waals surface area contributed by atoms with Crippen molar-refractivity contribution in [1.82, 2.24) is 15.6 Å². The Morgan fingerprint density at radius 2 is 2.14 bits per heavy atom. The quantitative estimate of drug-likeness (QED) is 0.708.